The number of rotatable bonds is 1. The van der Waals surface area contributed by atoms with Crippen molar-refractivity contribution in [1.82, 2.24) is 9.55 Å². The second-order valence-corrected chi connectivity index (χ2v) is 5.58. The van der Waals surface area contributed by atoms with Crippen LogP contribution < -0.4 is 9.47 Å². The van der Waals surface area contributed by atoms with Gasteiger partial charge in [0.05, 0.1) is 16.7 Å². The minimum Gasteiger partial charge on any atom is -0.486 e. The van der Waals surface area contributed by atoms with Gasteiger partial charge in [-0.05, 0) is 42.5 Å². The predicted molar refractivity (Wildman–Crippen MR) is 84.5 cm³/mol. The van der Waals surface area contributed by atoms with Gasteiger partial charge in [0.2, 0.25) is 0 Å². The van der Waals surface area contributed by atoms with Crippen LogP contribution in [-0.4, -0.2) is 22.8 Å². The number of hydrogen-bond acceptors (Lipinski definition) is 3. The van der Waals surface area contributed by atoms with Gasteiger partial charge >= 0.3 is 0 Å². The number of nitrogens with one attached hydrogen (secondary N) is 1. The van der Waals surface area contributed by atoms with Crippen LogP contribution in [0, 0.1) is 4.77 Å². The molecule has 1 aromatic heterocycles. The van der Waals surface area contributed by atoms with Crippen molar-refractivity contribution < 1.29 is 9.47 Å². The Labute approximate surface area is 130 Å². The third kappa shape index (κ3) is 2.09. The predicted octanol–water partition coefficient (Wildman–Crippen LogP) is 4.11. The Morgan fingerprint density at radius 3 is 2.71 bits per heavy atom. The Morgan fingerprint density at radius 1 is 1.05 bits per heavy atom. The fourth-order valence-electron chi connectivity index (χ4n) is 2.51. The molecule has 4 nitrogen and oxygen atoms in total. The summed E-state index contributed by atoms with van der Waals surface area (Å²) in [5, 5.41) is 0.674. The summed E-state index contributed by atoms with van der Waals surface area (Å²) in [5.41, 5.74) is 2.81. The van der Waals surface area contributed by atoms with Gasteiger partial charge < -0.3 is 14.5 Å². The zero-order valence-corrected chi connectivity index (χ0v) is 12.5. The molecule has 1 N–H and O–H groups in total. The summed E-state index contributed by atoms with van der Waals surface area (Å²) in [6, 6.07) is 11.5. The number of aromatic amines is 1. The molecule has 0 bridgehead atoms. The summed E-state index contributed by atoms with van der Waals surface area (Å²) in [6.07, 6.45) is 0. The molecule has 3 aromatic rings. The van der Waals surface area contributed by atoms with Crippen LogP contribution in [0.5, 0.6) is 11.5 Å². The summed E-state index contributed by atoms with van der Waals surface area (Å²) in [6.45, 7) is 1.14. The van der Waals surface area contributed by atoms with E-state index in [4.69, 9.17) is 33.3 Å². The van der Waals surface area contributed by atoms with E-state index in [1.54, 1.807) is 0 Å². The molecule has 1 aliphatic rings. The maximum Gasteiger partial charge on any atom is 0.182 e. The summed E-state index contributed by atoms with van der Waals surface area (Å²) in [7, 11) is 0. The maximum absolute atomic E-state index is 6.02. The molecule has 4 rings (SSSR count). The Kier molecular flexibility index (Phi) is 2.90. The van der Waals surface area contributed by atoms with E-state index in [0.29, 0.717) is 23.0 Å². The second-order valence-electron chi connectivity index (χ2n) is 4.75. The molecule has 0 atom stereocenters. The van der Waals surface area contributed by atoms with Gasteiger partial charge in [0.25, 0.3) is 0 Å². The number of H-pyrrole nitrogens is 1. The van der Waals surface area contributed by atoms with Crippen LogP contribution in [0.2, 0.25) is 5.02 Å². The fourth-order valence-corrected chi connectivity index (χ4v) is 3.00. The average molecular weight is 319 g/mol. The molecule has 0 saturated heterocycles. The number of aromatic nitrogens is 2. The van der Waals surface area contributed by atoms with E-state index in [-0.39, 0.29) is 0 Å². The van der Waals surface area contributed by atoms with Crippen molar-refractivity contribution in [2.24, 2.45) is 0 Å². The third-order valence-electron chi connectivity index (χ3n) is 3.43. The SMILES string of the molecule is S=c1[nH]c2cc(Cl)ccc2n1-c1ccc2c(c1)OCCO2. The average Bonchev–Trinajstić information content (AvgIpc) is 2.81. The summed E-state index contributed by atoms with van der Waals surface area (Å²) in [5.74, 6) is 1.50. The lowest BCUT2D eigenvalue weighted by Crippen LogP contribution is -2.15. The lowest BCUT2D eigenvalue weighted by Gasteiger charge is -2.19. The first-order valence-electron chi connectivity index (χ1n) is 6.53. The molecule has 21 heavy (non-hydrogen) atoms. The van der Waals surface area contributed by atoms with E-state index in [0.717, 1.165) is 28.2 Å². The van der Waals surface area contributed by atoms with E-state index in [1.807, 2.05) is 41.0 Å². The Morgan fingerprint density at radius 2 is 1.86 bits per heavy atom. The molecule has 106 valence electrons. The minimum atomic E-state index is 0.561. The van der Waals surface area contributed by atoms with Gasteiger partial charge in [-0.15, -0.1) is 0 Å². The molecule has 6 heteroatoms. The summed E-state index contributed by atoms with van der Waals surface area (Å²) < 4.78 is 13.7. The molecule has 0 amide bonds. The number of nitrogens with zero attached hydrogens (tertiary/aromatic N) is 1. The van der Waals surface area contributed by atoms with E-state index < -0.39 is 0 Å². The lowest BCUT2D eigenvalue weighted by atomic mass is 10.2. The summed E-state index contributed by atoms with van der Waals surface area (Å²) >= 11 is 11.4. The Balaban J connectivity index is 1.94. The van der Waals surface area contributed by atoms with Gasteiger partial charge in [-0.2, -0.15) is 0 Å². The molecule has 2 aromatic carbocycles. The minimum absolute atomic E-state index is 0.561. The van der Waals surface area contributed by atoms with Crippen LogP contribution in [0.25, 0.3) is 16.7 Å². The highest BCUT2D eigenvalue weighted by Crippen LogP contribution is 2.33. The first-order chi connectivity index (χ1) is 10.2. The molecule has 0 aliphatic carbocycles. The van der Waals surface area contributed by atoms with Crippen LogP contribution >= 0.6 is 23.8 Å². The number of imidazole rings is 1. The standard InChI is InChI=1S/C15H11ClN2O2S/c16-9-1-3-12-11(7-9)17-15(21)18(12)10-2-4-13-14(8-10)20-6-5-19-13/h1-4,7-8H,5-6H2,(H,17,21). The highest BCUT2D eigenvalue weighted by atomic mass is 35.5. The van der Waals surface area contributed by atoms with Crippen LogP contribution in [0.15, 0.2) is 36.4 Å². The molecule has 0 spiro atoms. The lowest BCUT2D eigenvalue weighted by molar-refractivity contribution is 0.171. The number of halogens is 1. The van der Waals surface area contributed by atoms with Crippen molar-refractivity contribution >= 4 is 34.9 Å². The van der Waals surface area contributed by atoms with Gasteiger partial charge in [-0.3, -0.25) is 4.57 Å². The Hall–Kier alpha value is -1.98. The monoisotopic (exact) mass is 318 g/mol. The maximum atomic E-state index is 6.02. The van der Waals surface area contributed by atoms with Crippen molar-refractivity contribution in [1.29, 1.82) is 0 Å². The molecule has 0 radical (unpaired) electrons. The fraction of sp³-hybridized carbons (Fsp3) is 0.133. The smallest absolute Gasteiger partial charge is 0.182 e. The van der Waals surface area contributed by atoms with Crippen molar-refractivity contribution in [2.45, 2.75) is 0 Å². The zero-order chi connectivity index (χ0) is 14.4. The van der Waals surface area contributed by atoms with E-state index >= 15 is 0 Å². The van der Waals surface area contributed by atoms with E-state index in [2.05, 4.69) is 4.98 Å². The molecule has 0 fully saturated rings. The van der Waals surface area contributed by atoms with Crippen molar-refractivity contribution in [3.05, 3.63) is 46.2 Å². The number of hydrogen-bond donors (Lipinski definition) is 1. The van der Waals surface area contributed by atoms with Crippen LogP contribution in [0.3, 0.4) is 0 Å². The number of fused-ring (bicyclic) bond motifs is 2. The van der Waals surface area contributed by atoms with Crippen molar-refractivity contribution in [2.75, 3.05) is 13.2 Å². The molecule has 1 aliphatic heterocycles. The van der Waals surface area contributed by atoms with Gasteiger partial charge in [-0.25, -0.2) is 0 Å². The van der Waals surface area contributed by atoms with Gasteiger partial charge in [-0.1, -0.05) is 11.6 Å². The molecule has 2 heterocycles. The van der Waals surface area contributed by atoms with Gasteiger partial charge in [0.1, 0.15) is 13.2 Å². The normalized spacial score (nSPS) is 13.6. The second kappa shape index (κ2) is 4.79. The van der Waals surface area contributed by atoms with E-state index in [1.165, 1.54) is 0 Å². The summed E-state index contributed by atoms with van der Waals surface area (Å²) in [4.78, 5) is 3.17. The molecule has 0 saturated carbocycles. The number of ether oxygens (including phenoxy) is 2. The van der Waals surface area contributed by atoms with E-state index in [9.17, 15) is 0 Å². The van der Waals surface area contributed by atoms with Crippen LogP contribution in [0.4, 0.5) is 0 Å². The first-order valence-corrected chi connectivity index (χ1v) is 7.31. The molecular formula is C15H11ClN2O2S. The largest absolute Gasteiger partial charge is 0.486 e. The Bertz CT molecular complexity index is 900. The zero-order valence-electron chi connectivity index (χ0n) is 10.9. The highest BCUT2D eigenvalue weighted by molar-refractivity contribution is 7.71. The molecule has 0 unspecified atom stereocenters. The van der Waals surface area contributed by atoms with Crippen molar-refractivity contribution in [3.63, 3.8) is 0 Å². The van der Waals surface area contributed by atoms with Crippen molar-refractivity contribution in [3.8, 4) is 17.2 Å². The van der Waals surface area contributed by atoms with Gasteiger partial charge in [0, 0.05) is 11.1 Å². The topological polar surface area (TPSA) is 39.2 Å². The first kappa shape index (κ1) is 12.7. The third-order valence-corrected chi connectivity index (χ3v) is 3.95. The van der Waals surface area contributed by atoms with Crippen LogP contribution in [0.1, 0.15) is 0 Å². The highest BCUT2D eigenvalue weighted by Gasteiger charge is 2.14. The van der Waals surface area contributed by atoms with Crippen LogP contribution in [-0.2, 0) is 0 Å². The van der Waals surface area contributed by atoms with Gasteiger partial charge in [0.15, 0.2) is 16.3 Å². The molecular weight excluding hydrogens is 308 g/mol. The number of benzene rings is 2. The quantitative estimate of drug-likeness (QED) is 0.686.